The third-order valence-corrected chi connectivity index (χ3v) is 3.67. The van der Waals surface area contributed by atoms with Gasteiger partial charge < -0.3 is 14.7 Å². The first kappa shape index (κ1) is 14.4. The molecule has 0 saturated heterocycles. The van der Waals surface area contributed by atoms with Crippen molar-refractivity contribution < 1.29 is 19.0 Å². The van der Waals surface area contributed by atoms with Gasteiger partial charge in [-0.2, -0.15) is 0 Å². The molecule has 1 aliphatic rings. The molecule has 0 unspecified atom stereocenters. The zero-order chi connectivity index (χ0) is 15.7. The van der Waals surface area contributed by atoms with Gasteiger partial charge >= 0.3 is 0 Å². The lowest BCUT2D eigenvalue weighted by atomic mass is 10.1. The van der Waals surface area contributed by atoms with Gasteiger partial charge in [0, 0.05) is 6.07 Å². The van der Waals surface area contributed by atoms with Crippen LogP contribution in [-0.4, -0.2) is 17.1 Å². The summed E-state index contributed by atoms with van der Waals surface area (Å²) in [5.41, 5.74) is 1.33. The van der Waals surface area contributed by atoms with Crippen molar-refractivity contribution >= 4 is 11.6 Å². The van der Waals surface area contributed by atoms with Crippen LogP contribution in [0.25, 0.3) is 0 Å². The molecule has 1 amide bonds. The normalized spacial score (nSPS) is 17.1. The smallest absolute Gasteiger partial charge is 0.268 e. The van der Waals surface area contributed by atoms with E-state index in [1.54, 1.807) is 23.1 Å². The monoisotopic (exact) mass is 301 g/mol. The van der Waals surface area contributed by atoms with Crippen LogP contribution >= 0.6 is 0 Å². The molecule has 1 atom stereocenters. The van der Waals surface area contributed by atoms with E-state index in [9.17, 15) is 14.3 Å². The molecule has 2 aromatic carbocycles. The molecule has 4 nitrogen and oxygen atoms in total. The van der Waals surface area contributed by atoms with Gasteiger partial charge in [-0.05, 0) is 36.2 Å². The van der Waals surface area contributed by atoms with Crippen LogP contribution in [0.4, 0.5) is 10.1 Å². The maximum Gasteiger partial charge on any atom is 0.268 e. The van der Waals surface area contributed by atoms with Gasteiger partial charge in [0.15, 0.2) is 6.10 Å². The molecule has 1 N–H and O–H groups in total. The predicted molar refractivity (Wildman–Crippen MR) is 80.4 cm³/mol. The van der Waals surface area contributed by atoms with Crippen molar-refractivity contribution in [2.24, 2.45) is 0 Å². The average molecular weight is 301 g/mol. The van der Waals surface area contributed by atoms with E-state index in [2.05, 4.69) is 0 Å². The molecule has 0 saturated carbocycles. The Labute approximate surface area is 127 Å². The molecule has 5 heteroatoms. The largest absolute Gasteiger partial charge is 0.508 e. The molecule has 114 valence electrons. The van der Waals surface area contributed by atoms with Crippen molar-refractivity contribution in [1.29, 1.82) is 0 Å². The van der Waals surface area contributed by atoms with Crippen molar-refractivity contribution in [1.82, 2.24) is 0 Å². The molecule has 22 heavy (non-hydrogen) atoms. The van der Waals surface area contributed by atoms with E-state index < -0.39 is 6.10 Å². The van der Waals surface area contributed by atoms with Crippen LogP contribution in [0.5, 0.6) is 11.5 Å². The van der Waals surface area contributed by atoms with Crippen LogP contribution in [0, 0.1) is 5.82 Å². The van der Waals surface area contributed by atoms with Crippen LogP contribution in [-0.2, 0) is 11.3 Å². The highest BCUT2D eigenvalue weighted by Gasteiger charge is 2.33. The van der Waals surface area contributed by atoms with Gasteiger partial charge in [0.25, 0.3) is 5.91 Å². The van der Waals surface area contributed by atoms with Gasteiger partial charge in [0.05, 0.1) is 12.2 Å². The van der Waals surface area contributed by atoms with E-state index in [0.29, 0.717) is 24.4 Å². The minimum Gasteiger partial charge on any atom is -0.508 e. The Hall–Kier alpha value is -2.56. The summed E-state index contributed by atoms with van der Waals surface area (Å²) in [4.78, 5) is 14.1. The molecule has 0 radical (unpaired) electrons. The van der Waals surface area contributed by atoms with Crippen LogP contribution < -0.4 is 9.64 Å². The van der Waals surface area contributed by atoms with E-state index in [4.69, 9.17) is 4.74 Å². The lowest BCUT2D eigenvalue weighted by Gasteiger charge is -2.34. The number of hydrogen-bond acceptors (Lipinski definition) is 3. The summed E-state index contributed by atoms with van der Waals surface area (Å²) >= 11 is 0. The molecule has 0 fully saturated rings. The second kappa shape index (κ2) is 5.67. The summed E-state index contributed by atoms with van der Waals surface area (Å²) in [5.74, 6) is 0.145. The highest BCUT2D eigenvalue weighted by atomic mass is 19.1. The second-order valence-electron chi connectivity index (χ2n) is 5.22. The highest BCUT2D eigenvalue weighted by molar-refractivity contribution is 6.00. The minimum absolute atomic E-state index is 0.0641. The van der Waals surface area contributed by atoms with Crippen molar-refractivity contribution in [2.75, 3.05) is 4.90 Å². The van der Waals surface area contributed by atoms with E-state index in [1.165, 1.54) is 24.3 Å². The number of fused-ring (bicyclic) bond motifs is 1. The lowest BCUT2D eigenvalue weighted by molar-refractivity contribution is -0.126. The summed E-state index contributed by atoms with van der Waals surface area (Å²) in [7, 11) is 0. The minimum atomic E-state index is -0.544. The Morgan fingerprint density at radius 2 is 1.95 bits per heavy atom. The molecule has 0 aromatic heterocycles. The molecule has 1 aliphatic heterocycles. The Bertz CT molecular complexity index is 700. The maximum atomic E-state index is 13.0. The van der Waals surface area contributed by atoms with Crippen LogP contribution in [0.2, 0.25) is 0 Å². The van der Waals surface area contributed by atoms with Gasteiger partial charge in [-0.1, -0.05) is 19.1 Å². The molecule has 2 aromatic rings. The van der Waals surface area contributed by atoms with E-state index in [1.807, 2.05) is 6.92 Å². The third-order valence-electron chi connectivity index (χ3n) is 3.67. The first-order valence-corrected chi connectivity index (χ1v) is 7.14. The number of benzene rings is 2. The standard InChI is InChI=1S/C17H16FNO3/c1-2-15-17(21)19(10-11-3-5-12(18)6-4-11)14-9-13(20)7-8-16(14)22-15/h3-9,15,20H,2,10H2,1H3/t15-/m1/s1. The molecule has 0 aliphatic carbocycles. The van der Waals surface area contributed by atoms with Gasteiger partial charge in [0.2, 0.25) is 0 Å². The summed E-state index contributed by atoms with van der Waals surface area (Å²) < 4.78 is 18.7. The first-order valence-electron chi connectivity index (χ1n) is 7.14. The number of anilines is 1. The zero-order valence-corrected chi connectivity index (χ0v) is 12.1. The molecule has 0 bridgehead atoms. The predicted octanol–water partition coefficient (Wildman–Crippen LogP) is 3.24. The highest BCUT2D eigenvalue weighted by Crippen LogP contribution is 2.38. The van der Waals surface area contributed by atoms with E-state index >= 15 is 0 Å². The number of rotatable bonds is 3. The topological polar surface area (TPSA) is 49.8 Å². The van der Waals surface area contributed by atoms with E-state index in [-0.39, 0.29) is 17.5 Å². The van der Waals surface area contributed by atoms with Gasteiger partial charge in [-0.3, -0.25) is 4.79 Å². The molecule has 1 heterocycles. The molecular formula is C17H16FNO3. The zero-order valence-electron chi connectivity index (χ0n) is 12.1. The Morgan fingerprint density at radius 1 is 1.23 bits per heavy atom. The number of phenols is 1. The summed E-state index contributed by atoms with van der Waals surface area (Å²) in [5, 5.41) is 9.67. The Balaban J connectivity index is 1.98. The SMILES string of the molecule is CC[C@H]1Oc2ccc(O)cc2N(Cc2ccc(F)cc2)C1=O. The Kier molecular flexibility index (Phi) is 3.71. The average Bonchev–Trinajstić information content (AvgIpc) is 2.52. The number of halogens is 1. The van der Waals surface area contributed by atoms with Gasteiger partial charge in [-0.15, -0.1) is 0 Å². The number of hydrogen-bond donors (Lipinski definition) is 1. The van der Waals surface area contributed by atoms with Crippen molar-refractivity contribution in [3.05, 3.63) is 53.8 Å². The number of nitrogens with zero attached hydrogens (tertiary/aromatic N) is 1. The fourth-order valence-corrected chi connectivity index (χ4v) is 2.51. The number of phenolic OH excluding ortho intramolecular Hbond substituents is 1. The fraction of sp³-hybridized carbons (Fsp3) is 0.235. The quantitative estimate of drug-likeness (QED) is 0.947. The first-order chi connectivity index (χ1) is 10.6. The van der Waals surface area contributed by atoms with Crippen LogP contribution in [0.15, 0.2) is 42.5 Å². The molecule has 0 spiro atoms. The maximum absolute atomic E-state index is 13.0. The lowest BCUT2D eigenvalue weighted by Crippen LogP contribution is -2.45. The van der Waals surface area contributed by atoms with Crippen LogP contribution in [0.1, 0.15) is 18.9 Å². The van der Waals surface area contributed by atoms with Crippen molar-refractivity contribution in [3.8, 4) is 11.5 Å². The summed E-state index contributed by atoms with van der Waals surface area (Å²) in [6, 6.07) is 10.7. The number of amides is 1. The number of carbonyl (C=O) groups is 1. The van der Waals surface area contributed by atoms with Crippen molar-refractivity contribution in [2.45, 2.75) is 26.0 Å². The fourth-order valence-electron chi connectivity index (χ4n) is 2.51. The number of ether oxygens (including phenoxy) is 1. The Morgan fingerprint density at radius 3 is 2.64 bits per heavy atom. The van der Waals surface area contributed by atoms with Gasteiger partial charge in [-0.25, -0.2) is 4.39 Å². The summed E-state index contributed by atoms with van der Waals surface area (Å²) in [6.07, 6.45) is 0.0106. The second-order valence-corrected chi connectivity index (χ2v) is 5.22. The number of aromatic hydroxyl groups is 1. The summed E-state index contributed by atoms with van der Waals surface area (Å²) in [6.45, 7) is 2.18. The molecular weight excluding hydrogens is 285 g/mol. The molecule has 3 rings (SSSR count). The van der Waals surface area contributed by atoms with Crippen molar-refractivity contribution in [3.63, 3.8) is 0 Å². The van der Waals surface area contributed by atoms with Gasteiger partial charge in [0.1, 0.15) is 17.3 Å². The van der Waals surface area contributed by atoms with Crippen LogP contribution in [0.3, 0.4) is 0 Å². The number of carbonyl (C=O) groups excluding carboxylic acids is 1. The van der Waals surface area contributed by atoms with E-state index in [0.717, 1.165) is 5.56 Å². The third kappa shape index (κ3) is 2.62.